The summed E-state index contributed by atoms with van der Waals surface area (Å²) in [7, 11) is 0. The van der Waals surface area contributed by atoms with Crippen molar-refractivity contribution in [3.8, 4) is 0 Å². The number of amides is 1. The van der Waals surface area contributed by atoms with Crippen LogP contribution in [-0.2, 0) is 9.53 Å². The van der Waals surface area contributed by atoms with E-state index in [0.29, 0.717) is 31.4 Å². The lowest BCUT2D eigenvalue weighted by Crippen LogP contribution is -2.52. The van der Waals surface area contributed by atoms with Gasteiger partial charge in [-0.25, -0.2) is 0 Å². The molecule has 0 spiro atoms. The Morgan fingerprint density at radius 3 is 2.71 bits per heavy atom. The van der Waals surface area contributed by atoms with Crippen LogP contribution in [0.25, 0.3) is 0 Å². The third kappa shape index (κ3) is 4.87. The lowest BCUT2D eigenvalue weighted by Gasteiger charge is -2.29. The van der Waals surface area contributed by atoms with Crippen molar-refractivity contribution >= 4 is 23.2 Å². The average Bonchev–Trinajstić information content (AvgIpc) is 2.36. The molecule has 0 aromatic heterocycles. The third-order valence-corrected chi connectivity index (χ3v) is 2.84. The minimum atomic E-state index is -0.287. The van der Waals surface area contributed by atoms with Crippen LogP contribution in [0.1, 0.15) is 20.3 Å². The molecule has 6 heteroatoms. The summed E-state index contributed by atoms with van der Waals surface area (Å²) in [4.78, 5) is 13.8. The van der Waals surface area contributed by atoms with Crippen molar-refractivity contribution in [2.75, 3.05) is 32.8 Å². The first kappa shape index (κ1) is 14.2. The number of nitrogens with one attached hydrogen (secondary N) is 2. The fourth-order valence-electron chi connectivity index (χ4n) is 1.61. The van der Waals surface area contributed by atoms with Gasteiger partial charge in [0.2, 0.25) is 5.91 Å². The number of carbonyl (C=O) groups excluding carboxylic acids is 1. The standard InChI is InChI=1S/C11H21N3O2S/c1-3-4-12-11(17)13-9(2)10(15)14-5-7-16-8-6-14/h9H,3-8H2,1-2H3,(H2,12,13,17). The molecule has 1 amide bonds. The number of carbonyl (C=O) groups is 1. The summed E-state index contributed by atoms with van der Waals surface area (Å²) >= 11 is 5.10. The van der Waals surface area contributed by atoms with E-state index in [1.807, 2.05) is 11.8 Å². The largest absolute Gasteiger partial charge is 0.378 e. The molecule has 1 heterocycles. The highest BCUT2D eigenvalue weighted by atomic mass is 32.1. The second kappa shape index (κ2) is 7.45. The molecule has 5 nitrogen and oxygen atoms in total. The molecule has 17 heavy (non-hydrogen) atoms. The van der Waals surface area contributed by atoms with Gasteiger partial charge in [-0.3, -0.25) is 4.79 Å². The van der Waals surface area contributed by atoms with Gasteiger partial charge in [-0.1, -0.05) is 6.92 Å². The van der Waals surface area contributed by atoms with Gasteiger partial charge in [0.25, 0.3) is 0 Å². The van der Waals surface area contributed by atoms with E-state index in [1.54, 1.807) is 0 Å². The summed E-state index contributed by atoms with van der Waals surface area (Å²) in [6.07, 6.45) is 1.01. The Morgan fingerprint density at radius 2 is 2.12 bits per heavy atom. The number of ether oxygens (including phenoxy) is 1. The molecule has 98 valence electrons. The number of rotatable bonds is 4. The number of morpholine rings is 1. The maximum Gasteiger partial charge on any atom is 0.244 e. The summed E-state index contributed by atoms with van der Waals surface area (Å²) in [5.41, 5.74) is 0. The van der Waals surface area contributed by atoms with E-state index in [-0.39, 0.29) is 11.9 Å². The number of nitrogens with zero attached hydrogens (tertiary/aromatic N) is 1. The summed E-state index contributed by atoms with van der Waals surface area (Å²) < 4.78 is 5.21. The van der Waals surface area contributed by atoms with Crippen LogP contribution in [0.2, 0.25) is 0 Å². The van der Waals surface area contributed by atoms with Gasteiger partial charge in [-0.15, -0.1) is 0 Å². The lowest BCUT2D eigenvalue weighted by atomic mass is 10.2. The van der Waals surface area contributed by atoms with Crippen molar-refractivity contribution in [3.05, 3.63) is 0 Å². The van der Waals surface area contributed by atoms with Gasteiger partial charge in [0, 0.05) is 19.6 Å². The fourth-order valence-corrected chi connectivity index (χ4v) is 1.88. The van der Waals surface area contributed by atoms with Crippen molar-refractivity contribution < 1.29 is 9.53 Å². The van der Waals surface area contributed by atoms with Gasteiger partial charge < -0.3 is 20.3 Å². The molecule has 1 unspecified atom stereocenters. The molecule has 0 aromatic carbocycles. The van der Waals surface area contributed by atoms with E-state index in [1.165, 1.54) is 0 Å². The monoisotopic (exact) mass is 259 g/mol. The third-order valence-electron chi connectivity index (χ3n) is 2.58. The minimum Gasteiger partial charge on any atom is -0.378 e. The quantitative estimate of drug-likeness (QED) is 0.702. The van der Waals surface area contributed by atoms with Gasteiger partial charge in [-0.05, 0) is 25.6 Å². The first-order valence-electron chi connectivity index (χ1n) is 6.06. The zero-order valence-corrected chi connectivity index (χ0v) is 11.3. The zero-order valence-electron chi connectivity index (χ0n) is 10.5. The van der Waals surface area contributed by atoms with Crippen molar-refractivity contribution in [1.82, 2.24) is 15.5 Å². The van der Waals surface area contributed by atoms with E-state index >= 15 is 0 Å². The molecule has 0 aliphatic carbocycles. The molecule has 0 bridgehead atoms. The highest BCUT2D eigenvalue weighted by Gasteiger charge is 2.22. The maximum absolute atomic E-state index is 12.0. The highest BCUT2D eigenvalue weighted by molar-refractivity contribution is 7.80. The Morgan fingerprint density at radius 1 is 1.47 bits per heavy atom. The number of hydrogen-bond acceptors (Lipinski definition) is 3. The molecule has 1 fully saturated rings. The lowest BCUT2D eigenvalue weighted by molar-refractivity contribution is -0.136. The Hall–Kier alpha value is -0.880. The van der Waals surface area contributed by atoms with Crippen molar-refractivity contribution in [2.45, 2.75) is 26.3 Å². The molecule has 1 aliphatic heterocycles. The second-order valence-corrected chi connectivity index (χ2v) is 4.47. The average molecular weight is 259 g/mol. The van der Waals surface area contributed by atoms with Crippen LogP contribution in [0.15, 0.2) is 0 Å². The second-order valence-electron chi connectivity index (χ2n) is 4.06. The molecule has 1 rings (SSSR count). The van der Waals surface area contributed by atoms with E-state index < -0.39 is 0 Å². The Kier molecular flexibility index (Phi) is 6.21. The van der Waals surface area contributed by atoms with Gasteiger partial charge in [-0.2, -0.15) is 0 Å². The normalized spacial score (nSPS) is 17.4. The Labute approximate surface area is 108 Å². The van der Waals surface area contributed by atoms with Crippen LogP contribution < -0.4 is 10.6 Å². The molecular weight excluding hydrogens is 238 g/mol. The molecule has 1 atom stereocenters. The fraction of sp³-hybridized carbons (Fsp3) is 0.818. The minimum absolute atomic E-state index is 0.0777. The summed E-state index contributed by atoms with van der Waals surface area (Å²) in [5, 5.41) is 6.59. The predicted octanol–water partition coefficient (Wildman–Crippen LogP) is 0.108. The maximum atomic E-state index is 12.0. The summed E-state index contributed by atoms with van der Waals surface area (Å²) in [5.74, 6) is 0.0777. The topological polar surface area (TPSA) is 53.6 Å². The highest BCUT2D eigenvalue weighted by Crippen LogP contribution is 2.00. The Bertz CT molecular complexity index is 267. The predicted molar refractivity (Wildman–Crippen MR) is 70.9 cm³/mol. The van der Waals surface area contributed by atoms with Crippen LogP contribution in [0.4, 0.5) is 0 Å². The van der Waals surface area contributed by atoms with E-state index in [2.05, 4.69) is 17.6 Å². The molecule has 2 N–H and O–H groups in total. The number of hydrogen-bond donors (Lipinski definition) is 2. The van der Waals surface area contributed by atoms with Crippen LogP contribution in [0.5, 0.6) is 0 Å². The SMILES string of the molecule is CCCNC(=S)NC(C)C(=O)N1CCOCC1. The molecular formula is C11H21N3O2S. The molecule has 1 saturated heterocycles. The smallest absolute Gasteiger partial charge is 0.244 e. The molecule has 0 radical (unpaired) electrons. The van der Waals surface area contributed by atoms with Crippen LogP contribution in [0, 0.1) is 0 Å². The van der Waals surface area contributed by atoms with Crippen molar-refractivity contribution in [2.24, 2.45) is 0 Å². The summed E-state index contributed by atoms with van der Waals surface area (Å²) in [6.45, 7) is 7.30. The van der Waals surface area contributed by atoms with Gasteiger partial charge in [0.15, 0.2) is 5.11 Å². The zero-order chi connectivity index (χ0) is 12.7. The first-order valence-corrected chi connectivity index (χ1v) is 6.47. The van der Waals surface area contributed by atoms with Gasteiger partial charge >= 0.3 is 0 Å². The summed E-state index contributed by atoms with van der Waals surface area (Å²) in [6, 6.07) is -0.287. The molecule has 0 aromatic rings. The van der Waals surface area contributed by atoms with Gasteiger partial charge in [0.05, 0.1) is 13.2 Å². The number of thiocarbonyl (C=S) groups is 1. The van der Waals surface area contributed by atoms with E-state index in [9.17, 15) is 4.79 Å². The molecule has 1 aliphatic rings. The van der Waals surface area contributed by atoms with Crippen molar-refractivity contribution in [1.29, 1.82) is 0 Å². The van der Waals surface area contributed by atoms with Crippen molar-refractivity contribution in [3.63, 3.8) is 0 Å². The van der Waals surface area contributed by atoms with Crippen LogP contribution in [-0.4, -0.2) is 54.8 Å². The van der Waals surface area contributed by atoms with Crippen LogP contribution in [0.3, 0.4) is 0 Å². The van der Waals surface area contributed by atoms with Crippen LogP contribution >= 0.6 is 12.2 Å². The first-order chi connectivity index (χ1) is 8.15. The molecule has 0 saturated carbocycles. The van der Waals surface area contributed by atoms with E-state index in [0.717, 1.165) is 13.0 Å². The van der Waals surface area contributed by atoms with Gasteiger partial charge in [0.1, 0.15) is 6.04 Å². The Balaban J connectivity index is 2.32. The van der Waals surface area contributed by atoms with E-state index in [4.69, 9.17) is 17.0 Å².